The summed E-state index contributed by atoms with van der Waals surface area (Å²) in [6, 6.07) is 1.41. The van der Waals surface area contributed by atoms with Crippen LogP contribution in [0.1, 0.15) is 61.8 Å². The number of likely N-dealkylation sites (tertiary alicyclic amines) is 1. The van der Waals surface area contributed by atoms with E-state index in [2.05, 4.69) is 34.4 Å². The SMILES string of the molecule is CCNC(=NCCc1ncc(C)s1)NC1CCN(C2CCCCC2)CC1.I. The Morgan fingerprint density at radius 3 is 2.59 bits per heavy atom. The first-order valence-corrected chi connectivity index (χ1v) is 11.3. The molecule has 0 aromatic carbocycles. The van der Waals surface area contributed by atoms with Crippen LogP contribution < -0.4 is 10.6 Å². The normalized spacial score (nSPS) is 20.3. The number of hydrogen-bond donors (Lipinski definition) is 2. The average Bonchev–Trinajstić information content (AvgIpc) is 3.08. The molecule has 0 unspecified atom stereocenters. The number of halogens is 1. The zero-order valence-electron chi connectivity index (χ0n) is 16.9. The van der Waals surface area contributed by atoms with Crippen molar-refractivity contribution in [2.24, 2.45) is 4.99 Å². The number of aliphatic imine (C=N–C) groups is 1. The molecule has 1 aromatic heterocycles. The summed E-state index contributed by atoms with van der Waals surface area (Å²) >= 11 is 1.78. The Balaban J connectivity index is 0.00000261. The lowest BCUT2D eigenvalue weighted by atomic mass is 9.92. The quantitative estimate of drug-likeness (QED) is 0.349. The summed E-state index contributed by atoms with van der Waals surface area (Å²) in [6.07, 6.45) is 12.5. The third kappa shape index (κ3) is 7.49. The number of aryl methyl sites for hydroxylation is 1. The molecule has 1 aliphatic heterocycles. The molecule has 0 spiro atoms. The Hall–Kier alpha value is -0.410. The largest absolute Gasteiger partial charge is 0.357 e. The van der Waals surface area contributed by atoms with Crippen LogP contribution >= 0.6 is 35.3 Å². The maximum absolute atomic E-state index is 4.77. The molecule has 0 radical (unpaired) electrons. The first kappa shape index (κ1) is 22.9. The van der Waals surface area contributed by atoms with Crippen LogP contribution in [0.25, 0.3) is 0 Å². The van der Waals surface area contributed by atoms with Gasteiger partial charge < -0.3 is 15.5 Å². The monoisotopic (exact) mass is 505 g/mol. The van der Waals surface area contributed by atoms with Crippen LogP contribution in [0, 0.1) is 6.92 Å². The second kappa shape index (κ2) is 12.2. The van der Waals surface area contributed by atoms with E-state index in [1.807, 2.05) is 6.20 Å². The summed E-state index contributed by atoms with van der Waals surface area (Å²) in [7, 11) is 0. The molecule has 5 nitrogen and oxygen atoms in total. The fourth-order valence-corrected chi connectivity index (χ4v) is 4.92. The lowest BCUT2D eigenvalue weighted by molar-refractivity contribution is 0.119. The van der Waals surface area contributed by atoms with Crippen LogP contribution in [0.15, 0.2) is 11.2 Å². The minimum atomic E-state index is 0. The van der Waals surface area contributed by atoms with Gasteiger partial charge in [-0.3, -0.25) is 4.99 Å². The maximum atomic E-state index is 4.77. The number of thiazole rings is 1. The van der Waals surface area contributed by atoms with E-state index in [4.69, 9.17) is 4.99 Å². The molecule has 3 rings (SSSR count). The fourth-order valence-electron chi connectivity index (χ4n) is 4.15. The third-order valence-electron chi connectivity index (χ3n) is 5.57. The van der Waals surface area contributed by atoms with Gasteiger partial charge in [0.15, 0.2) is 5.96 Å². The van der Waals surface area contributed by atoms with Gasteiger partial charge in [-0.05, 0) is 39.5 Å². The molecule has 154 valence electrons. The second-order valence-electron chi connectivity index (χ2n) is 7.62. The minimum Gasteiger partial charge on any atom is -0.357 e. The Labute approximate surface area is 185 Å². The van der Waals surface area contributed by atoms with Crippen molar-refractivity contribution in [3.63, 3.8) is 0 Å². The van der Waals surface area contributed by atoms with Crippen molar-refractivity contribution >= 4 is 41.3 Å². The highest BCUT2D eigenvalue weighted by Crippen LogP contribution is 2.25. The molecule has 2 aliphatic rings. The van der Waals surface area contributed by atoms with Crippen LogP contribution in [0.3, 0.4) is 0 Å². The van der Waals surface area contributed by atoms with Gasteiger partial charge in [0, 0.05) is 55.8 Å². The molecule has 0 amide bonds. The zero-order valence-corrected chi connectivity index (χ0v) is 20.0. The van der Waals surface area contributed by atoms with E-state index in [9.17, 15) is 0 Å². The van der Waals surface area contributed by atoms with Crippen LogP contribution in [-0.4, -0.2) is 54.1 Å². The molecule has 1 aromatic rings. The van der Waals surface area contributed by atoms with Gasteiger partial charge in [0.05, 0.1) is 5.01 Å². The van der Waals surface area contributed by atoms with E-state index in [-0.39, 0.29) is 24.0 Å². The van der Waals surface area contributed by atoms with Crippen LogP contribution in [0.2, 0.25) is 0 Å². The molecule has 2 N–H and O–H groups in total. The van der Waals surface area contributed by atoms with Crippen LogP contribution in [0.4, 0.5) is 0 Å². The molecular formula is C20H36IN5S. The van der Waals surface area contributed by atoms with Crippen LogP contribution in [0.5, 0.6) is 0 Å². The number of hydrogen-bond acceptors (Lipinski definition) is 4. The first-order valence-electron chi connectivity index (χ1n) is 10.4. The second-order valence-corrected chi connectivity index (χ2v) is 8.94. The number of aromatic nitrogens is 1. The predicted molar refractivity (Wildman–Crippen MR) is 127 cm³/mol. The number of guanidine groups is 1. The van der Waals surface area contributed by atoms with Crippen molar-refractivity contribution in [1.82, 2.24) is 20.5 Å². The standard InChI is InChI=1S/C20H35N5S.HI/c1-3-21-20(22-12-9-19-23-15-16(2)26-19)24-17-10-13-25(14-11-17)18-7-5-4-6-8-18;/h15,17-18H,3-14H2,1-2H3,(H2,21,22,24);1H. The Bertz CT molecular complexity index is 562. The number of piperidine rings is 1. The van der Waals surface area contributed by atoms with Gasteiger partial charge >= 0.3 is 0 Å². The molecule has 27 heavy (non-hydrogen) atoms. The summed E-state index contributed by atoms with van der Waals surface area (Å²) in [5.74, 6) is 0.969. The van der Waals surface area contributed by atoms with Gasteiger partial charge in [0.1, 0.15) is 0 Å². The van der Waals surface area contributed by atoms with Gasteiger partial charge in [0.25, 0.3) is 0 Å². The molecule has 1 saturated carbocycles. The van der Waals surface area contributed by atoms with Crippen molar-refractivity contribution in [2.75, 3.05) is 26.2 Å². The maximum Gasteiger partial charge on any atom is 0.191 e. The highest BCUT2D eigenvalue weighted by molar-refractivity contribution is 14.0. The van der Waals surface area contributed by atoms with Crippen molar-refractivity contribution in [3.05, 3.63) is 16.1 Å². The number of nitrogens with one attached hydrogen (secondary N) is 2. The summed E-state index contributed by atoms with van der Waals surface area (Å²) < 4.78 is 0. The van der Waals surface area contributed by atoms with Gasteiger partial charge in [-0.15, -0.1) is 35.3 Å². The van der Waals surface area contributed by atoms with Crippen molar-refractivity contribution < 1.29 is 0 Å². The lowest BCUT2D eigenvalue weighted by Crippen LogP contribution is -2.51. The van der Waals surface area contributed by atoms with Gasteiger partial charge in [-0.1, -0.05) is 19.3 Å². The molecule has 1 aliphatic carbocycles. The molecular weight excluding hydrogens is 469 g/mol. The van der Waals surface area contributed by atoms with E-state index in [0.717, 1.165) is 31.5 Å². The molecule has 7 heteroatoms. The molecule has 2 heterocycles. The van der Waals surface area contributed by atoms with Crippen molar-refractivity contribution in [2.45, 2.75) is 77.3 Å². The summed E-state index contributed by atoms with van der Waals surface area (Å²) in [4.78, 5) is 13.2. The van der Waals surface area contributed by atoms with E-state index in [1.54, 1.807) is 11.3 Å². The average molecular weight is 506 g/mol. The smallest absolute Gasteiger partial charge is 0.191 e. The Morgan fingerprint density at radius 2 is 1.96 bits per heavy atom. The van der Waals surface area contributed by atoms with E-state index < -0.39 is 0 Å². The topological polar surface area (TPSA) is 52.6 Å². The van der Waals surface area contributed by atoms with E-state index in [0.29, 0.717) is 6.04 Å². The zero-order chi connectivity index (χ0) is 18.2. The molecule has 0 bridgehead atoms. The molecule has 0 atom stereocenters. The van der Waals surface area contributed by atoms with E-state index in [1.165, 1.54) is 67.9 Å². The number of nitrogens with zero attached hydrogens (tertiary/aromatic N) is 3. The van der Waals surface area contributed by atoms with Crippen LogP contribution in [-0.2, 0) is 6.42 Å². The summed E-state index contributed by atoms with van der Waals surface area (Å²) in [5.41, 5.74) is 0. The van der Waals surface area contributed by atoms with E-state index >= 15 is 0 Å². The highest BCUT2D eigenvalue weighted by Gasteiger charge is 2.26. The first-order chi connectivity index (χ1) is 12.7. The Kier molecular flexibility index (Phi) is 10.3. The minimum absolute atomic E-state index is 0. The van der Waals surface area contributed by atoms with Crippen molar-refractivity contribution in [1.29, 1.82) is 0 Å². The molecule has 2 fully saturated rings. The predicted octanol–water partition coefficient (Wildman–Crippen LogP) is 3.96. The fraction of sp³-hybridized carbons (Fsp3) is 0.800. The van der Waals surface area contributed by atoms with Gasteiger partial charge in [-0.2, -0.15) is 0 Å². The summed E-state index contributed by atoms with van der Waals surface area (Å²) in [6.45, 7) is 8.41. The Morgan fingerprint density at radius 1 is 1.22 bits per heavy atom. The third-order valence-corrected chi connectivity index (χ3v) is 6.54. The lowest BCUT2D eigenvalue weighted by Gasteiger charge is -2.39. The highest BCUT2D eigenvalue weighted by atomic mass is 127. The summed E-state index contributed by atoms with van der Waals surface area (Å²) in [5, 5.41) is 8.25. The van der Waals surface area contributed by atoms with Gasteiger partial charge in [-0.25, -0.2) is 4.98 Å². The molecule has 1 saturated heterocycles. The van der Waals surface area contributed by atoms with Crippen molar-refractivity contribution in [3.8, 4) is 0 Å². The number of rotatable bonds is 6. The van der Waals surface area contributed by atoms with Gasteiger partial charge in [0.2, 0.25) is 0 Å².